The van der Waals surface area contributed by atoms with E-state index in [2.05, 4.69) is 10.2 Å². The molecule has 1 fully saturated rings. The van der Waals surface area contributed by atoms with E-state index in [9.17, 15) is 4.79 Å². The molecule has 0 saturated carbocycles. The minimum absolute atomic E-state index is 0.0269. The fraction of sp³-hybridized carbons (Fsp3) is 0.350. The molecule has 1 aromatic carbocycles. The fourth-order valence-electron chi connectivity index (χ4n) is 3.30. The summed E-state index contributed by atoms with van der Waals surface area (Å²) in [4.78, 5) is 14.8. The molecule has 1 N–H and O–H groups in total. The largest absolute Gasteiger partial charge is 0.465 e. The molecule has 1 amide bonds. The van der Waals surface area contributed by atoms with Crippen LogP contribution in [0.5, 0.6) is 0 Å². The number of aryl methyl sites for hydroxylation is 1. The van der Waals surface area contributed by atoms with Gasteiger partial charge >= 0.3 is 0 Å². The Labute approximate surface area is 151 Å². The molecule has 6 nitrogen and oxygen atoms in total. The van der Waals surface area contributed by atoms with Gasteiger partial charge in [0.05, 0.1) is 19.3 Å². The molecule has 1 saturated heterocycles. The van der Waals surface area contributed by atoms with Gasteiger partial charge in [-0.1, -0.05) is 18.2 Å². The van der Waals surface area contributed by atoms with Crippen molar-refractivity contribution in [3.8, 4) is 0 Å². The van der Waals surface area contributed by atoms with E-state index >= 15 is 0 Å². The van der Waals surface area contributed by atoms with Crippen LogP contribution in [-0.4, -0.2) is 43.7 Å². The standard InChI is InChI=1S/C20H22N2O4/c1-14-6-7-18(25-14)16(22-8-10-24-11-9-22)13-21-20(23)19-12-15-4-2-3-5-17(15)26-19/h2-7,12,16H,8-11,13H2,1H3,(H,21,23). The van der Waals surface area contributed by atoms with Crippen molar-refractivity contribution >= 4 is 16.9 Å². The van der Waals surface area contributed by atoms with Gasteiger partial charge in [-0.05, 0) is 31.2 Å². The summed E-state index contributed by atoms with van der Waals surface area (Å²) in [6, 6.07) is 13.3. The smallest absolute Gasteiger partial charge is 0.287 e. The predicted octanol–water partition coefficient (Wildman–Crippen LogP) is 3.14. The van der Waals surface area contributed by atoms with Crippen LogP contribution in [0, 0.1) is 6.92 Å². The molecule has 6 heteroatoms. The van der Waals surface area contributed by atoms with E-state index in [4.69, 9.17) is 13.6 Å². The first kappa shape index (κ1) is 16.9. The highest BCUT2D eigenvalue weighted by Crippen LogP contribution is 2.24. The lowest BCUT2D eigenvalue weighted by atomic mass is 10.1. The number of fused-ring (bicyclic) bond motifs is 1. The highest BCUT2D eigenvalue weighted by molar-refractivity contribution is 5.96. The minimum atomic E-state index is -0.220. The molecule has 2 aromatic heterocycles. The van der Waals surface area contributed by atoms with Gasteiger partial charge in [0.25, 0.3) is 5.91 Å². The fourth-order valence-corrected chi connectivity index (χ4v) is 3.30. The first-order chi connectivity index (χ1) is 12.7. The monoisotopic (exact) mass is 354 g/mol. The van der Waals surface area contributed by atoms with E-state index in [1.54, 1.807) is 6.07 Å². The highest BCUT2D eigenvalue weighted by atomic mass is 16.5. The summed E-state index contributed by atoms with van der Waals surface area (Å²) in [5, 5.41) is 3.91. The minimum Gasteiger partial charge on any atom is -0.465 e. The number of carbonyl (C=O) groups is 1. The molecule has 136 valence electrons. The maximum Gasteiger partial charge on any atom is 0.287 e. The lowest BCUT2D eigenvalue weighted by Crippen LogP contribution is -2.43. The molecule has 3 aromatic rings. The number of rotatable bonds is 5. The van der Waals surface area contributed by atoms with Crippen molar-refractivity contribution in [2.45, 2.75) is 13.0 Å². The van der Waals surface area contributed by atoms with E-state index < -0.39 is 0 Å². The number of morpholine rings is 1. The quantitative estimate of drug-likeness (QED) is 0.762. The summed E-state index contributed by atoms with van der Waals surface area (Å²) >= 11 is 0. The van der Waals surface area contributed by atoms with Crippen molar-refractivity contribution in [2.24, 2.45) is 0 Å². The third-order valence-electron chi connectivity index (χ3n) is 4.68. The van der Waals surface area contributed by atoms with Crippen LogP contribution in [0.15, 0.2) is 51.3 Å². The van der Waals surface area contributed by atoms with Gasteiger partial charge in [-0.3, -0.25) is 9.69 Å². The van der Waals surface area contributed by atoms with E-state index in [0.29, 0.717) is 31.1 Å². The van der Waals surface area contributed by atoms with Gasteiger partial charge in [0, 0.05) is 25.0 Å². The van der Waals surface area contributed by atoms with Gasteiger partial charge in [-0.25, -0.2) is 0 Å². The highest BCUT2D eigenvalue weighted by Gasteiger charge is 2.26. The summed E-state index contributed by atoms with van der Waals surface area (Å²) in [7, 11) is 0. The molecule has 0 aliphatic carbocycles. The summed E-state index contributed by atoms with van der Waals surface area (Å²) in [6.07, 6.45) is 0. The Morgan fingerprint density at radius 2 is 1.96 bits per heavy atom. The summed E-state index contributed by atoms with van der Waals surface area (Å²) in [6.45, 7) is 5.37. The molecular weight excluding hydrogens is 332 g/mol. The third-order valence-corrected chi connectivity index (χ3v) is 4.68. The number of benzene rings is 1. The van der Waals surface area contributed by atoms with Crippen molar-refractivity contribution in [3.05, 3.63) is 59.7 Å². The lowest BCUT2D eigenvalue weighted by Gasteiger charge is -2.33. The Bertz CT molecular complexity index is 859. The molecule has 1 unspecified atom stereocenters. The van der Waals surface area contributed by atoms with Gasteiger partial charge < -0.3 is 18.9 Å². The molecule has 1 aliphatic heterocycles. The first-order valence-corrected chi connectivity index (χ1v) is 8.85. The Balaban J connectivity index is 1.49. The average Bonchev–Trinajstić information content (AvgIpc) is 3.29. The Kier molecular flexibility index (Phi) is 4.77. The number of nitrogens with one attached hydrogen (secondary N) is 1. The maximum atomic E-state index is 12.6. The van der Waals surface area contributed by atoms with Crippen LogP contribution < -0.4 is 5.32 Å². The topological polar surface area (TPSA) is 67.9 Å². The Morgan fingerprint density at radius 1 is 1.15 bits per heavy atom. The van der Waals surface area contributed by atoms with Crippen molar-refractivity contribution in [1.82, 2.24) is 10.2 Å². The zero-order valence-corrected chi connectivity index (χ0v) is 14.7. The van der Waals surface area contributed by atoms with Crippen LogP contribution in [0.3, 0.4) is 0 Å². The van der Waals surface area contributed by atoms with E-state index in [0.717, 1.165) is 30.0 Å². The molecular formula is C20H22N2O4. The number of para-hydroxylation sites is 1. The second kappa shape index (κ2) is 7.35. The average molecular weight is 354 g/mol. The lowest BCUT2D eigenvalue weighted by molar-refractivity contribution is 0.0116. The second-order valence-electron chi connectivity index (χ2n) is 6.47. The zero-order chi connectivity index (χ0) is 17.9. The van der Waals surface area contributed by atoms with Gasteiger partial charge in [-0.15, -0.1) is 0 Å². The van der Waals surface area contributed by atoms with Crippen LogP contribution in [0.25, 0.3) is 11.0 Å². The number of hydrogen-bond acceptors (Lipinski definition) is 5. The molecule has 0 radical (unpaired) electrons. The molecule has 1 aliphatic rings. The van der Waals surface area contributed by atoms with Crippen LogP contribution in [0.1, 0.15) is 28.1 Å². The Hall–Kier alpha value is -2.57. The van der Waals surface area contributed by atoms with Crippen molar-refractivity contribution in [2.75, 3.05) is 32.8 Å². The maximum absolute atomic E-state index is 12.6. The molecule has 0 spiro atoms. The van der Waals surface area contributed by atoms with Crippen LogP contribution in [0.2, 0.25) is 0 Å². The van der Waals surface area contributed by atoms with E-state index in [1.165, 1.54) is 0 Å². The molecule has 0 bridgehead atoms. The second-order valence-corrected chi connectivity index (χ2v) is 6.47. The molecule has 3 heterocycles. The molecule has 26 heavy (non-hydrogen) atoms. The number of ether oxygens (including phenoxy) is 1. The van der Waals surface area contributed by atoms with E-state index in [-0.39, 0.29) is 11.9 Å². The first-order valence-electron chi connectivity index (χ1n) is 8.85. The number of nitrogens with zero attached hydrogens (tertiary/aromatic N) is 1. The van der Waals surface area contributed by atoms with Crippen molar-refractivity contribution in [1.29, 1.82) is 0 Å². The number of amides is 1. The summed E-state index contributed by atoms with van der Waals surface area (Å²) in [5.41, 5.74) is 0.712. The number of carbonyl (C=O) groups excluding carboxylic acids is 1. The number of hydrogen-bond donors (Lipinski definition) is 1. The van der Waals surface area contributed by atoms with Crippen LogP contribution >= 0.6 is 0 Å². The zero-order valence-electron chi connectivity index (χ0n) is 14.7. The van der Waals surface area contributed by atoms with Gasteiger partial charge in [0.1, 0.15) is 17.1 Å². The summed E-state index contributed by atoms with van der Waals surface area (Å²) < 4.78 is 16.9. The van der Waals surface area contributed by atoms with Crippen molar-refractivity contribution < 1.29 is 18.4 Å². The SMILES string of the molecule is Cc1ccc(C(CNC(=O)c2cc3ccccc3o2)N2CCOCC2)o1. The van der Waals surface area contributed by atoms with Crippen LogP contribution in [0.4, 0.5) is 0 Å². The number of furan rings is 2. The Morgan fingerprint density at radius 3 is 2.69 bits per heavy atom. The molecule has 4 rings (SSSR count). The van der Waals surface area contributed by atoms with Crippen molar-refractivity contribution in [3.63, 3.8) is 0 Å². The molecule has 1 atom stereocenters. The predicted molar refractivity (Wildman–Crippen MR) is 97.1 cm³/mol. The van der Waals surface area contributed by atoms with E-state index in [1.807, 2.05) is 43.3 Å². The van der Waals surface area contributed by atoms with Gasteiger partial charge in [0.2, 0.25) is 0 Å². The van der Waals surface area contributed by atoms with Gasteiger partial charge in [-0.2, -0.15) is 0 Å². The van der Waals surface area contributed by atoms with Gasteiger partial charge in [0.15, 0.2) is 5.76 Å². The summed E-state index contributed by atoms with van der Waals surface area (Å²) in [5.74, 6) is 1.82. The van der Waals surface area contributed by atoms with Crippen LogP contribution in [-0.2, 0) is 4.74 Å². The third kappa shape index (κ3) is 3.52. The normalized spacial score (nSPS) is 16.7.